The minimum absolute atomic E-state index is 0.358. The highest BCUT2D eigenvalue weighted by molar-refractivity contribution is 5.80. The Hall–Kier alpha value is -6.67. The van der Waals surface area contributed by atoms with Crippen LogP contribution in [-0.2, 0) is 6.42 Å². The molecule has 2 fully saturated rings. The van der Waals surface area contributed by atoms with E-state index in [-0.39, 0.29) is 0 Å². The first-order valence-corrected chi connectivity index (χ1v) is 29.9. The van der Waals surface area contributed by atoms with Gasteiger partial charge in [0, 0.05) is 61.2 Å². The lowest BCUT2D eigenvalue weighted by Gasteiger charge is -2.06. The maximum absolute atomic E-state index is 5.27. The summed E-state index contributed by atoms with van der Waals surface area (Å²) in [6.45, 7) is 37.6. The van der Waals surface area contributed by atoms with Crippen LogP contribution in [0.4, 0.5) is 5.69 Å². The van der Waals surface area contributed by atoms with Crippen molar-refractivity contribution in [3.8, 4) is 11.5 Å². The molecule has 8 aromatic rings. The first kappa shape index (κ1) is 64.2. The van der Waals surface area contributed by atoms with Crippen molar-refractivity contribution >= 4 is 22.8 Å². The Labute approximate surface area is 483 Å². The lowest BCUT2D eigenvalue weighted by molar-refractivity contribution is 0.174. The van der Waals surface area contributed by atoms with Crippen LogP contribution in [-0.4, -0.2) is 37.3 Å². The fourth-order valence-corrected chi connectivity index (χ4v) is 8.62. The topological polar surface area (TPSA) is 82.3 Å². The monoisotopic (exact) mass is 1080 g/mol. The van der Waals surface area contributed by atoms with Gasteiger partial charge in [0.15, 0.2) is 11.5 Å². The Morgan fingerprint density at radius 1 is 0.537 bits per heavy atom. The second kappa shape index (κ2) is 32.6. The number of hydrogen-bond acceptors (Lipinski definition) is 5. The molecule has 2 saturated carbocycles. The molecule has 430 valence electrons. The molecule has 2 aliphatic carbocycles. The quantitative estimate of drug-likeness (QED) is 0.156. The fraction of sp³-hybridized carbons (Fsp3) is 0.458. The van der Waals surface area contributed by atoms with Gasteiger partial charge in [-0.2, -0.15) is 5.10 Å². The van der Waals surface area contributed by atoms with E-state index in [0.29, 0.717) is 48.5 Å². The number of benzene rings is 5. The van der Waals surface area contributed by atoms with Crippen molar-refractivity contribution in [2.75, 3.05) is 6.79 Å². The third kappa shape index (κ3) is 22.1. The SMILES string of the molecule is CC(C)C1CC1.CC(C)c1ccc(C2CC2)cc1.CC(C)c1ccc2c(c1)N=CC2.CC(C)c1ccc2c(c1)OCO2.CC(C)c1ccc2cc[nH]c2c1.CC(C)n1cccn1.CC(C)n1ccnc1.Cc1ccc(C(C)C)cc1. The number of aliphatic imine (C=N–C) groups is 1. The number of imidazole rings is 1. The first-order valence-electron chi connectivity index (χ1n) is 29.9. The second-order valence-electron chi connectivity index (χ2n) is 24.2. The molecule has 0 radical (unpaired) electrons. The van der Waals surface area contributed by atoms with E-state index in [9.17, 15) is 0 Å². The Morgan fingerprint density at radius 3 is 1.59 bits per heavy atom. The van der Waals surface area contributed by atoms with Crippen molar-refractivity contribution in [1.82, 2.24) is 24.3 Å². The van der Waals surface area contributed by atoms with Crippen molar-refractivity contribution in [1.29, 1.82) is 0 Å². The summed E-state index contributed by atoms with van der Waals surface area (Å²) < 4.78 is 14.5. The number of rotatable bonds is 9. The first-order chi connectivity index (χ1) is 38.2. The number of nitrogens with one attached hydrogen (secondary N) is 1. The Balaban J connectivity index is 0.000000170. The van der Waals surface area contributed by atoms with Crippen LogP contribution in [0.1, 0.15) is 229 Å². The summed E-state index contributed by atoms with van der Waals surface area (Å²) >= 11 is 0. The molecule has 0 unspecified atom stereocenters. The average molecular weight is 1080 g/mol. The molecule has 8 nitrogen and oxygen atoms in total. The predicted molar refractivity (Wildman–Crippen MR) is 342 cm³/mol. The Bertz CT molecular complexity index is 2900. The molecule has 8 heteroatoms. The highest BCUT2D eigenvalue weighted by Gasteiger charge is 2.24. The number of hydrogen-bond donors (Lipinski definition) is 1. The van der Waals surface area contributed by atoms with Crippen molar-refractivity contribution in [3.05, 3.63) is 197 Å². The van der Waals surface area contributed by atoms with E-state index in [1.807, 2.05) is 54.0 Å². The molecule has 0 atom stereocenters. The van der Waals surface area contributed by atoms with Gasteiger partial charge in [0.05, 0.1) is 12.0 Å². The molecular weight excluding hydrogens is 981 g/mol. The third-order valence-electron chi connectivity index (χ3n) is 14.8. The van der Waals surface area contributed by atoms with Gasteiger partial charge in [-0.1, -0.05) is 168 Å². The summed E-state index contributed by atoms with van der Waals surface area (Å²) in [6, 6.07) is 42.2. The van der Waals surface area contributed by atoms with E-state index < -0.39 is 0 Å². The molecule has 0 amide bonds. The third-order valence-corrected chi connectivity index (χ3v) is 14.8. The maximum atomic E-state index is 5.27. The van der Waals surface area contributed by atoms with E-state index in [0.717, 1.165) is 35.7 Å². The molecule has 1 N–H and O–H groups in total. The molecule has 3 aromatic heterocycles. The summed E-state index contributed by atoms with van der Waals surface area (Å²) in [5.41, 5.74) is 13.6. The molecule has 5 aromatic carbocycles. The number of aryl methyl sites for hydroxylation is 1. The predicted octanol–water partition coefficient (Wildman–Crippen LogP) is 20.7. The van der Waals surface area contributed by atoms with Gasteiger partial charge in [-0.3, -0.25) is 9.67 Å². The molecule has 0 bridgehead atoms. The molecule has 5 heterocycles. The molecule has 80 heavy (non-hydrogen) atoms. The summed E-state index contributed by atoms with van der Waals surface area (Å²) in [5.74, 6) is 7.77. The van der Waals surface area contributed by atoms with Crippen LogP contribution in [0.15, 0.2) is 158 Å². The second-order valence-corrected chi connectivity index (χ2v) is 24.2. The van der Waals surface area contributed by atoms with Crippen LogP contribution in [0.3, 0.4) is 0 Å². The van der Waals surface area contributed by atoms with Gasteiger partial charge in [0.2, 0.25) is 6.79 Å². The van der Waals surface area contributed by atoms with Gasteiger partial charge in [-0.05, 0) is 188 Å². The fourth-order valence-electron chi connectivity index (χ4n) is 8.62. The van der Waals surface area contributed by atoms with E-state index >= 15 is 0 Å². The van der Waals surface area contributed by atoms with Gasteiger partial charge in [0.25, 0.3) is 0 Å². The normalized spacial score (nSPS) is 13.5. The zero-order chi connectivity index (χ0) is 58.3. The van der Waals surface area contributed by atoms with Crippen molar-refractivity contribution in [2.24, 2.45) is 16.8 Å². The highest BCUT2D eigenvalue weighted by Crippen LogP contribution is 2.40. The summed E-state index contributed by atoms with van der Waals surface area (Å²) in [7, 11) is 0. The zero-order valence-electron chi connectivity index (χ0n) is 52.1. The molecule has 0 saturated heterocycles. The van der Waals surface area contributed by atoms with Gasteiger partial charge < -0.3 is 19.0 Å². The van der Waals surface area contributed by atoms with Crippen molar-refractivity contribution < 1.29 is 9.47 Å². The van der Waals surface area contributed by atoms with Crippen LogP contribution in [0.5, 0.6) is 11.5 Å². The number of H-pyrrole nitrogens is 1. The van der Waals surface area contributed by atoms with Crippen LogP contribution in [0, 0.1) is 18.8 Å². The lowest BCUT2D eigenvalue weighted by Crippen LogP contribution is -1.99. The van der Waals surface area contributed by atoms with Crippen molar-refractivity contribution in [3.63, 3.8) is 0 Å². The van der Waals surface area contributed by atoms with Gasteiger partial charge in [-0.15, -0.1) is 0 Å². The number of aromatic nitrogens is 5. The van der Waals surface area contributed by atoms with E-state index in [1.54, 1.807) is 18.0 Å². The zero-order valence-corrected chi connectivity index (χ0v) is 52.1. The number of fused-ring (bicyclic) bond motifs is 3. The highest BCUT2D eigenvalue weighted by atomic mass is 16.7. The average Bonchev–Trinajstić information content (AvgIpc) is 3.98. The van der Waals surface area contributed by atoms with Gasteiger partial charge >= 0.3 is 0 Å². The standard InChI is InChI=1S/C12H16.2C11H13N.C10H12O2.C10H14.2C6H10N2.C6H12/c1-9(2)10-3-5-11(6-4-10)12-7-8-12;2*1-8(2)10-4-3-9-5-6-12-11(9)7-10;1-7(2)8-3-4-9-10(5-8)12-6-11-9;1-8(2)10-6-4-9(3)5-7-10;1-6(2)8-4-3-7-5-8;1-6(2)8-5-3-4-7-8;1-5(2)6-3-4-6/h3-6,9,12H,7-8H2,1-2H3;3-4,6-8H,5H2,1-2H3;3-8,12H,1-2H3;3-5,7H,6H2,1-2H3;4-8H,1-3H3;2*3-6H,1-2H3;5-6H,3-4H2,1-2H3. The summed E-state index contributed by atoms with van der Waals surface area (Å²) in [6.07, 6.45) is 20.1. The van der Waals surface area contributed by atoms with Crippen LogP contribution in [0.25, 0.3) is 10.9 Å². The molecule has 4 aliphatic rings. The largest absolute Gasteiger partial charge is 0.454 e. The van der Waals surface area contributed by atoms with Crippen molar-refractivity contribution in [2.45, 2.75) is 197 Å². The minimum Gasteiger partial charge on any atom is -0.454 e. The molecular formula is C72H100N6O2. The Morgan fingerprint density at radius 2 is 1.10 bits per heavy atom. The van der Waals surface area contributed by atoms with Crippen LogP contribution in [0.2, 0.25) is 0 Å². The maximum Gasteiger partial charge on any atom is 0.231 e. The lowest BCUT2D eigenvalue weighted by atomic mass is 10.0. The minimum atomic E-state index is 0.358. The Kier molecular flexibility index (Phi) is 26.1. The molecule has 0 spiro atoms. The number of ether oxygens (including phenoxy) is 2. The smallest absolute Gasteiger partial charge is 0.231 e. The number of nitrogens with zero attached hydrogens (tertiary/aromatic N) is 5. The van der Waals surface area contributed by atoms with E-state index in [2.05, 4.69) is 239 Å². The van der Waals surface area contributed by atoms with Crippen LogP contribution < -0.4 is 9.47 Å². The van der Waals surface area contributed by atoms with Crippen LogP contribution >= 0.6 is 0 Å². The van der Waals surface area contributed by atoms with Gasteiger partial charge in [0.1, 0.15) is 0 Å². The summed E-state index contributed by atoms with van der Waals surface area (Å²) in [5, 5.41) is 5.32. The molecule has 2 aliphatic heterocycles. The van der Waals surface area contributed by atoms with Gasteiger partial charge in [-0.25, -0.2) is 4.98 Å². The molecule has 12 rings (SSSR count). The summed E-state index contributed by atoms with van der Waals surface area (Å²) in [4.78, 5) is 11.4. The van der Waals surface area contributed by atoms with E-state index in [4.69, 9.17) is 9.47 Å². The van der Waals surface area contributed by atoms with E-state index in [1.165, 1.54) is 81.2 Å². The number of aromatic amines is 1.